The van der Waals surface area contributed by atoms with Crippen molar-refractivity contribution in [3.8, 4) is 34.4 Å². The van der Waals surface area contributed by atoms with Gasteiger partial charge in [0, 0.05) is 31.4 Å². The Morgan fingerprint density at radius 1 is 1.05 bits per heavy atom. The normalized spacial score (nSPS) is 14.9. The first kappa shape index (κ1) is 25.6. The molecule has 0 bridgehead atoms. The van der Waals surface area contributed by atoms with Crippen molar-refractivity contribution in [3.05, 3.63) is 59.8 Å². The van der Waals surface area contributed by atoms with Crippen molar-refractivity contribution in [2.24, 2.45) is 5.92 Å². The van der Waals surface area contributed by atoms with Crippen LogP contribution in [0.3, 0.4) is 0 Å². The van der Waals surface area contributed by atoms with Gasteiger partial charge in [-0.1, -0.05) is 40.6 Å². The molecule has 1 aliphatic rings. The largest absolute Gasteiger partial charge is 0.460 e. The number of aromatic nitrogens is 4. The Kier molecular flexibility index (Phi) is 6.51. The van der Waals surface area contributed by atoms with E-state index in [1.807, 2.05) is 32.9 Å². The molecule has 1 aliphatic heterocycles. The van der Waals surface area contributed by atoms with Crippen molar-refractivity contribution >= 4 is 5.97 Å². The second-order valence-electron chi connectivity index (χ2n) is 9.99. The number of benzene rings is 1. The maximum absolute atomic E-state index is 13.9. The summed E-state index contributed by atoms with van der Waals surface area (Å²) in [5.74, 6) is -1.35. The lowest BCUT2D eigenvalue weighted by Crippen LogP contribution is -2.51. The summed E-state index contributed by atoms with van der Waals surface area (Å²) in [7, 11) is 0. The SMILES string of the molecule is CC(C)(C)OC(=O)C1CN(Cc2ccc(-c3noc(-c4onc(-c5ccccn5)c4C(F)(F)F)n3)cc2)C1. The van der Waals surface area contributed by atoms with Crippen LogP contribution in [0.1, 0.15) is 31.9 Å². The zero-order chi connectivity index (χ0) is 27.1. The molecule has 12 heteroatoms. The second kappa shape index (κ2) is 9.67. The molecule has 1 saturated heterocycles. The van der Waals surface area contributed by atoms with Gasteiger partial charge in [-0.15, -0.1) is 0 Å². The van der Waals surface area contributed by atoms with Gasteiger partial charge >= 0.3 is 12.1 Å². The molecule has 38 heavy (non-hydrogen) atoms. The second-order valence-corrected chi connectivity index (χ2v) is 9.99. The summed E-state index contributed by atoms with van der Waals surface area (Å²) >= 11 is 0. The Bertz CT molecular complexity index is 1420. The van der Waals surface area contributed by atoms with Crippen molar-refractivity contribution in [1.82, 2.24) is 25.2 Å². The topological polar surface area (TPSA) is 107 Å². The number of hydrogen-bond acceptors (Lipinski definition) is 9. The van der Waals surface area contributed by atoms with Crippen LogP contribution in [0.2, 0.25) is 0 Å². The lowest BCUT2D eigenvalue weighted by molar-refractivity contribution is -0.166. The van der Waals surface area contributed by atoms with E-state index in [-0.39, 0.29) is 23.4 Å². The first-order chi connectivity index (χ1) is 18.0. The van der Waals surface area contributed by atoms with Crippen LogP contribution in [-0.2, 0) is 22.3 Å². The molecule has 0 spiro atoms. The molecule has 0 amide bonds. The maximum Gasteiger partial charge on any atom is 0.422 e. The molecule has 1 fully saturated rings. The molecule has 5 rings (SSSR count). The number of likely N-dealkylation sites (tertiary alicyclic amines) is 1. The minimum Gasteiger partial charge on any atom is -0.460 e. The number of rotatable bonds is 6. The van der Waals surface area contributed by atoms with Crippen LogP contribution >= 0.6 is 0 Å². The van der Waals surface area contributed by atoms with Gasteiger partial charge in [-0.25, -0.2) is 0 Å². The average molecular weight is 528 g/mol. The molecule has 0 aliphatic carbocycles. The highest BCUT2D eigenvalue weighted by Crippen LogP contribution is 2.42. The van der Waals surface area contributed by atoms with Crippen molar-refractivity contribution in [2.45, 2.75) is 39.1 Å². The number of pyridine rings is 1. The molecule has 4 heterocycles. The number of carbonyl (C=O) groups excluding carboxylic acids is 1. The van der Waals surface area contributed by atoms with Crippen molar-refractivity contribution < 1.29 is 31.7 Å². The van der Waals surface area contributed by atoms with E-state index >= 15 is 0 Å². The number of alkyl halides is 3. The van der Waals surface area contributed by atoms with E-state index in [1.165, 1.54) is 12.3 Å². The third kappa shape index (κ3) is 5.44. The lowest BCUT2D eigenvalue weighted by atomic mass is 9.98. The quantitative estimate of drug-likeness (QED) is 0.311. The Morgan fingerprint density at radius 2 is 1.79 bits per heavy atom. The summed E-state index contributed by atoms with van der Waals surface area (Å²) in [5.41, 5.74) is -0.555. The van der Waals surface area contributed by atoms with Crippen molar-refractivity contribution in [2.75, 3.05) is 13.1 Å². The molecule has 198 valence electrons. The fraction of sp³-hybridized carbons (Fsp3) is 0.346. The number of nitrogens with zero attached hydrogens (tertiary/aromatic N) is 5. The monoisotopic (exact) mass is 527 g/mol. The molecular weight excluding hydrogens is 503 g/mol. The molecule has 3 aromatic heterocycles. The van der Waals surface area contributed by atoms with Crippen LogP contribution in [0, 0.1) is 5.92 Å². The fourth-order valence-electron chi connectivity index (χ4n) is 4.06. The highest BCUT2D eigenvalue weighted by molar-refractivity contribution is 5.74. The Morgan fingerprint density at radius 3 is 2.42 bits per heavy atom. The minimum absolute atomic E-state index is 0.00442. The Hall–Kier alpha value is -4.06. The summed E-state index contributed by atoms with van der Waals surface area (Å²) < 4.78 is 57.3. The fourth-order valence-corrected chi connectivity index (χ4v) is 4.06. The first-order valence-corrected chi connectivity index (χ1v) is 11.8. The van der Waals surface area contributed by atoms with Crippen LogP contribution in [0.4, 0.5) is 13.2 Å². The number of hydrogen-bond donors (Lipinski definition) is 0. The van der Waals surface area contributed by atoms with Crippen LogP contribution in [0.25, 0.3) is 34.4 Å². The van der Waals surface area contributed by atoms with Crippen LogP contribution in [-0.4, -0.2) is 49.8 Å². The first-order valence-electron chi connectivity index (χ1n) is 11.8. The molecular formula is C26H24F3N5O4. The van der Waals surface area contributed by atoms with Gasteiger partial charge in [0.2, 0.25) is 11.6 Å². The number of halogens is 3. The van der Waals surface area contributed by atoms with Gasteiger partial charge in [0.15, 0.2) is 0 Å². The summed E-state index contributed by atoms with van der Waals surface area (Å²) in [6, 6.07) is 11.8. The Balaban J connectivity index is 1.28. The predicted octanol–water partition coefficient (Wildman–Crippen LogP) is 5.25. The van der Waals surface area contributed by atoms with Crippen molar-refractivity contribution in [1.29, 1.82) is 0 Å². The van der Waals surface area contributed by atoms with Gasteiger partial charge in [0.25, 0.3) is 5.89 Å². The maximum atomic E-state index is 13.9. The molecule has 1 aromatic carbocycles. The van der Waals surface area contributed by atoms with Crippen molar-refractivity contribution in [3.63, 3.8) is 0 Å². The van der Waals surface area contributed by atoms with E-state index in [1.54, 1.807) is 24.3 Å². The smallest absolute Gasteiger partial charge is 0.422 e. The van der Waals surface area contributed by atoms with E-state index in [2.05, 4.69) is 25.2 Å². The summed E-state index contributed by atoms with van der Waals surface area (Å²) in [5, 5.41) is 7.40. The minimum atomic E-state index is -4.79. The van der Waals surface area contributed by atoms with Gasteiger partial charge in [0.1, 0.15) is 16.9 Å². The molecule has 0 unspecified atom stereocenters. The van der Waals surface area contributed by atoms with Gasteiger partial charge in [-0.2, -0.15) is 18.2 Å². The number of esters is 1. The molecule has 0 atom stereocenters. The van der Waals surface area contributed by atoms with Gasteiger partial charge in [0.05, 0.1) is 11.6 Å². The van der Waals surface area contributed by atoms with Gasteiger partial charge in [-0.3, -0.25) is 14.7 Å². The van der Waals surface area contributed by atoms with Gasteiger partial charge < -0.3 is 13.8 Å². The van der Waals surface area contributed by atoms with Crippen LogP contribution < -0.4 is 0 Å². The summed E-state index contributed by atoms with van der Waals surface area (Å²) in [6.07, 6.45) is -3.43. The molecule has 0 saturated carbocycles. The van der Waals surface area contributed by atoms with E-state index < -0.39 is 34.7 Å². The number of ether oxygens (including phenoxy) is 1. The number of carbonyl (C=O) groups is 1. The predicted molar refractivity (Wildman–Crippen MR) is 128 cm³/mol. The molecule has 4 aromatic rings. The molecule has 0 radical (unpaired) electrons. The lowest BCUT2D eigenvalue weighted by Gasteiger charge is -2.38. The third-order valence-electron chi connectivity index (χ3n) is 5.82. The van der Waals surface area contributed by atoms with E-state index in [9.17, 15) is 18.0 Å². The summed E-state index contributed by atoms with van der Waals surface area (Å²) in [4.78, 5) is 22.3. The van der Waals surface area contributed by atoms with E-state index in [0.29, 0.717) is 25.2 Å². The van der Waals surface area contributed by atoms with E-state index in [4.69, 9.17) is 13.8 Å². The van der Waals surface area contributed by atoms with Gasteiger partial charge in [-0.05, 0) is 38.5 Å². The highest BCUT2D eigenvalue weighted by Gasteiger charge is 2.43. The molecule has 0 N–H and O–H groups in total. The third-order valence-corrected chi connectivity index (χ3v) is 5.82. The summed E-state index contributed by atoms with van der Waals surface area (Å²) in [6.45, 7) is 7.40. The molecule has 9 nitrogen and oxygen atoms in total. The zero-order valence-corrected chi connectivity index (χ0v) is 20.8. The van der Waals surface area contributed by atoms with Crippen LogP contribution in [0.15, 0.2) is 57.7 Å². The average Bonchev–Trinajstić information content (AvgIpc) is 3.48. The zero-order valence-electron chi connectivity index (χ0n) is 20.8. The van der Waals surface area contributed by atoms with E-state index in [0.717, 1.165) is 5.56 Å². The standard InChI is InChI=1S/C26H24F3N5O4/c1-25(2,3)36-24(35)17-13-34(14-17)12-15-7-9-16(10-8-15)22-31-23(38-33-22)21-19(26(27,28)29)20(32-37-21)18-6-4-5-11-30-18/h4-11,17H,12-14H2,1-3H3. The van der Waals surface area contributed by atoms with Crippen LogP contribution in [0.5, 0.6) is 0 Å². The Labute approximate surface area is 215 Å². The highest BCUT2D eigenvalue weighted by atomic mass is 19.4.